The Labute approximate surface area is 125 Å². The van der Waals surface area contributed by atoms with E-state index in [4.69, 9.17) is 4.42 Å². The van der Waals surface area contributed by atoms with Crippen molar-refractivity contribution in [2.45, 2.75) is 0 Å². The quantitative estimate of drug-likeness (QED) is 0.738. The molecule has 1 N–H and O–H groups in total. The first-order valence-corrected chi connectivity index (χ1v) is 7.14. The van der Waals surface area contributed by atoms with Crippen molar-refractivity contribution in [1.82, 2.24) is 0 Å². The van der Waals surface area contributed by atoms with Gasteiger partial charge in [-0.1, -0.05) is 18.2 Å². The van der Waals surface area contributed by atoms with Gasteiger partial charge >= 0.3 is 0 Å². The van der Waals surface area contributed by atoms with Crippen molar-refractivity contribution < 1.29 is 14.0 Å². The molecule has 0 aliphatic rings. The maximum atomic E-state index is 12.0. The number of hydrogen-bond donors (Lipinski definition) is 1. The molecule has 2 heterocycles. The second kappa shape index (κ2) is 5.76. The van der Waals surface area contributed by atoms with Crippen LogP contribution < -0.4 is 5.32 Å². The largest absolute Gasteiger partial charge is 0.453 e. The zero-order chi connectivity index (χ0) is 14.7. The third kappa shape index (κ3) is 2.93. The maximum Gasteiger partial charge on any atom is 0.265 e. The molecule has 0 saturated heterocycles. The summed E-state index contributed by atoms with van der Waals surface area (Å²) in [4.78, 5) is 23.3. The van der Waals surface area contributed by atoms with Crippen LogP contribution in [0.2, 0.25) is 0 Å². The third-order valence-electron chi connectivity index (χ3n) is 2.89. The van der Waals surface area contributed by atoms with E-state index in [-0.39, 0.29) is 11.7 Å². The molecule has 1 aromatic carbocycles. The van der Waals surface area contributed by atoms with Gasteiger partial charge in [-0.15, -0.1) is 11.3 Å². The molecule has 2 aromatic heterocycles. The Morgan fingerprint density at radius 3 is 2.76 bits per heavy atom. The highest BCUT2D eigenvalue weighted by Gasteiger charge is 2.09. The minimum atomic E-state index is -0.143. The summed E-state index contributed by atoms with van der Waals surface area (Å²) in [5.74, 6) is 0.720. The first-order chi connectivity index (χ1) is 10.3. The molecule has 0 fully saturated rings. The van der Waals surface area contributed by atoms with Gasteiger partial charge in [-0.25, -0.2) is 0 Å². The lowest BCUT2D eigenvalue weighted by Gasteiger charge is -2.05. The molecular formula is C16H11NO3S. The third-order valence-corrected chi connectivity index (χ3v) is 3.76. The fourth-order valence-corrected chi connectivity index (χ4v) is 2.54. The Bertz CT molecular complexity index is 774. The Balaban J connectivity index is 1.83. The molecule has 0 aliphatic heterocycles. The summed E-state index contributed by atoms with van der Waals surface area (Å²) < 4.78 is 5.37. The van der Waals surface area contributed by atoms with E-state index in [1.165, 1.54) is 11.3 Å². The van der Waals surface area contributed by atoms with Crippen molar-refractivity contribution >= 4 is 29.2 Å². The van der Waals surface area contributed by atoms with Gasteiger partial charge in [0.15, 0.2) is 12.0 Å². The fourth-order valence-electron chi connectivity index (χ4n) is 1.92. The molecule has 0 unspecified atom stereocenters. The molecule has 1 amide bonds. The highest BCUT2D eigenvalue weighted by Crippen LogP contribution is 2.25. The van der Waals surface area contributed by atoms with Crippen molar-refractivity contribution in [2.24, 2.45) is 0 Å². The summed E-state index contributed by atoms with van der Waals surface area (Å²) in [6, 6.07) is 14.2. The predicted octanol–water partition coefficient (Wildman–Crippen LogP) is 4.07. The number of anilines is 1. The predicted molar refractivity (Wildman–Crippen MR) is 81.8 cm³/mol. The van der Waals surface area contributed by atoms with Gasteiger partial charge < -0.3 is 9.73 Å². The van der Waals surface area contributed by atoms with Crippen LogP contribution in [0.3, 0.4) is 0 Å². The van der Waals surface area contributed by atoms with Crippen LogP contribution in [0.1, 0.15) is 20.2 Å². The van der Waals surface area contributed by atoms with Gasteiger partial charge in [-0.2, -0.15) is 0 Å². The van der Waals surface area contributed by atoms with E-state index in [1.54, 1.807) is 30.3 Å². The van der Waals surface area contributed by atoms with Crippen molar-refractivity contribution in [3.05, 3.63) is 64.5 Å². The van der Waals surface area contributed by atoms with Gasteiger partial charge in [-0.3, -0.25) is 9.59 Å². The van der Waals surface area contributed by atoms with Gasteiger partial charge in [0.1, 0.15) is 5.76 Å². The molecule has 0 bridgehead atoms. The smallest absolute Gasteiger partial charge is 0.265 e. The Morgan fingerprint density at radius 2 is 2.05 bits per heavy atom. The van der Waals surface area contributed by atoms with Gasteiger partial charge in [0.05, 0.1) is 4.88 Å². The number of nitrogens with one attached hydrogen (secondary N) is 1. The molecule has 3 rings (SSSR count). The summed E-state index contributed by atoms with van der Waals surface area (Å²) in [5.41, 5.74) is 1.47. The van der Waals surface area contributed by atoms with Crippen LogP contribution in [0.25, 0.3) is 11.3 Å². The standard InChI is InChI=1S/C16H11NO3S/c18-10-13-6-7-14(20-13)11-3-1-4-12(9-11)17-16(19)15-5-2-8-21-15/h1-10H,(H,17,19). The van der Waals surface area contributed by atoms with Crippen molar-refractivity contribution in [2.75, 3.05) is 5.32 Å². The van der Waals surface area contributed by atoms with Crippen LogP contribution in [-0.4, -0.2) is 12.2 Å². The summed E-state index contributed by atoms with van der Waals surface area (Å²) in [5, 5.41) is 4.69. The average molecular weight is 297 g/mol. The molecule has 21 heavy (non-hydrogen) atoms. The average Bonchev–Trinajstić information content (AvgIpc) is 3.19. The second-order valence-corrected chi connectivity index (χ2v) is 5.28. The van der Waals surface area contributed by atoms with Gasteiger partial charge in [-0.05, 0) is 35.7 Å². The molecule has 104 valence electrons. The molecule has 0 spiro atoms. The molecule has 0 radical (unpaired) electrons. The second-order valence-electron chi connectivity index (χ2n) is 4.33. The number of aldehydes is 1. The van der Waals surface area contributed by atoms with E-state index in [0.717, 1.165) is 5.56 Å². The lowest BCUT2D eigenvalue weighted by Crippen LogP contribution is -2.09. The molecule has 4 nitrogen and oxygen atoms in total. The van der Waals surface area contributed by atoms with E-state index in [0.29, 0.717) is 22.6 Å². The number of hydrogen-bond acceptors (Lipinski definition) is 4. The monoisotopic (exact) mass is 297 g/mol. The summed E-state index contributed by atoms with van der Waals surface area (Å²) in [7, 11) is 0. The Hall–Kier alpha value is -2.66. The number of thiophene rings is 1. The lowest BCUT2D eigenvalue weighted by molar-refractivity contribution is 0.103. The number of carbonyl (C=O) groups excluding carboxylic acids is 2. The van der Waals surface area contributed by atoms with Crippen LogP contribution in [0, 0.1) is 0 Å². The SMILES string of the molecule is O=Cc1ccc(-c2cccc(NC(=O)c3cccs3)c2)o1. The van der Waals surface area contributed by atoms with Crippen LogP contribution in [0.4, 0.5) is 5.69 Å². The van der Waals surface area contributed by atoms with Crippen molar-refractivity contribution in [1.29, 1.82) is 0 Å². The zero-order valence-electron chi connectivity index (χ0n) is 10.9. The molecule has 5 heteroatoms. The number of rotatable bonds is 4. The van der Waals surface area contributed by atoms with Gasteiger partial charge in [0, 0.05) is 11.3 Å². The van der Waals surface area contributed by atoms with E-state index < -0.39 is 0 Å². The molecular weight excluding hydrogens is 286 g/mol. The van der Waals surface area contributed by atoms with Gasteiger partial charge in [0.2, 0.25) is 0 Å². The van der Waals surface area contributed by atoms with Crippen LogP contribution >= 0.6 is 11.3 Å². The van der Waals surface area contributed by atoms with E-state index >= 15 is 0 Å². The van der Waals surface area contributed by atoms with E-state index in [9.17, 15) is 9.59 Å². The first kappa shape index (κ1) is 13.3. The number of benzene rings is 1. The van der Waals surface area contributed by atoms with Crippen LogP contribution in [0.5, 0.6) is 0 Å². The normalized spacial score (nSPS) is 10.3. The van der Waals surface area contributed by atoms with Gasteiger partial charge in [0.25, 0.3) is 5.91 Å². The van der Waals surface area contributed by atoms with E-state index in [1.807, 2.05) is 23.6 Å². The zero-order valence-corrected chi connectivity index (χ0v) is 11.7. The maximum absolute atomic E-state index is 12.0. The summed E-state index contributed by atoms with van der Waals surface area (Å²) in [6.07, 6.45) is 0.659. The van der Waals surface area contributed by atoms with Crippen LogP contribution in [-0.2, 0) is 0 Å². The highest BCUT2D eigenvalue weighted by atomic mass is 32.1. The molecule has 0 atom stereocenters. The minimum absolute atomic E-state index is 0.143. The number of amides is 1. The molecule has 3 aromatic rings. The topological polar surface area (TPSA) is 59.3 Å². The molecule has 0 saturated carbocycles. The van der Waals surface area contributed by atoms with Crippen molar-refractivity contribution in [3.63, 3.8) is 0 Å². The summed E-state index contributed by atoms with van der Waals surface area (Å²) in [6.45, 7) is 0. The number of furan rings is 1. The summed E-state index contributed by atoms with van der Waals surface area (Å²) >= 11 is 1.39. The Kier molecular flexibility index (Phi) is 3.66. The minimum Gasteiger partial charge on any atom is -0.453 e. The molecule has 0 aliphatic carbocycles. The Morgan fingerprint density at radius 1 is 1.14 bits per heavy atom. The highest BCUT2D eigenvalue weighted by molar-refractivity contribution is 7.12. The fraction of sp³-hybridized carbons (Fsp3) is 0. The van der Waals surface area contributed by atoms with Crippen molar-refractivity contribution in [3.8, 4) is 11.3 Å². The first-order valence-electron chi connectivity index (χ1n) is 6.26. The van der Waals surface area contributed by atoms with E-state index in [2.05, 4.69) is 5.32 Å². The van der Waals surface area contributed by atoms with Crippen LogP contribution in [0.15, 0.2) is 58.3 Å². The number of carbonyl (C=O) groups is 2. The lowest BCUT2D eigenvalue weighted by atomic mass is 10.1.